The summed E-state index contributed by atoms with van der Waals surface area (Å²) < 4.78 is 0. The Kier molecular flexibility index (Phi) is 13.1. The van der Waals surface area contributed by atoms with Gasteiger partial charge in [-0.1, -0.05) is 78.6 Å². The Morgan fingerprint density at radius 1 is 0.955 bits per heavy atom. The molecule has 0 aromatic carbocycles. The van der Waals surface area contributed by atoms with Crippen molar-refractivity contribution in [1.29, 1.82) is 0 Å². The van der Waals surface area contributed by atoms with Gasteiger partial charge in [0.1, 0.15) is 5.38 Å². The van der Waals surface area contributed by atoms with Crippen molar-refractivity contribution in [2.75, 3.05) is 6.54 Å². The van der Waals surface area contributed by atoms with Crippen LogP contribution in [0.1, 0.15) is 98.3 Å². The second-order valence-corrected chi connectivity index (χ2v) is 7.77. The number of carbonyl (C=O) groups excluding carboxylic acids is 1. The zero-order valence-corrected chi connectivity index (χ0v) is 16.1. The van der Waals surface area contributed by atoms with E-state index in [4.69, 9.17) is 11.6 Å². The van der Waals surface area contributed by atoms with E-state index in [2.05, 4.69) is 26.1 Å². The summed E-state index contributed by atoms with van der Waals surface area (Å²) in [6.07, 6.45) is 14.1. The van der Waals surface area contributed by atoms with E-state index in [1.165, 1.54) is 70.6 Å². The molecule has 0 aliphatic rings. The van der Waals surface area contributed by atoms with Crippen LogP contribution in [0.5, 0.6) is 0 Å². The minimum Gasteiger partial charge on any atom is -0.354 e. The van der Waals surface area contributed by atoms with Crippen LogP contribution in [0.3, 0.4) is 0 Å². The van der Waals surface area contributed by atoms with Gasteiger partial charge in [0.25, 0.3) is 0 Å². The van der Waals surface area contributed by atoms with Crippen molar-refractivity contribution in [3.05, 3.63) is 0 Å². The number of hydrogen-bond donors (Lipinski definition) is 1. The fourth-order valence-corrected chi connectivity index (χ4v) is 2.95. The molecule has 0 aromatic heterocycles. The van der Waals surface area contributed by atoms with Crippen molar-refractivity contribution in [1.82, 2.24) is 5.32 Å². The van der Waals surface area contributed by atoms with E-state index < -0.39 is 5.38 Å². The number of halogens is 1. The highest BCUT2D eigenvalue weighted by atomic mass is 35.5. The predicted molar refractivity (Wildman–Crippen MR) is 98.6 cm³/mol. The van der Waals surface area contributed by atoms with Crippen molar-refractivity contribution >= 4 is 17.5 Å². The van der Waals surface area contributed by atoms with Gasteiger partial charge in [0.15, 0.2) is 0 Å². The van der Waals surface area contributed by atoms with Crippen LogP contribution in [0.15, 0.2) is 0 Å². The molecular formula is C19H38ClNO. The molecule has 22 heavy (non-hydrogen) atoms. The Morgan fingerprint density at radius 3 is 1.86 bits per heavy atom. The average molecular weight is 332 g/mol. The molecule has 0 aliphatic carbocycles. The van der Waals surface area contributed by atoms with E-state index in [0.29, 0.717) is 0 Å². The normalized spacial score (nSPS) is 15.3. The maximum atomic E-state index is 11.7. The number of alkyl halides is 1. The van der Waals surface area contributed by atoms with Crippen LogP contribution in [-0.2, 0) is 4.79 Å². The zero-order valence-electron chi connectivity index (χ0n) is 15.3. The number of carbonyl (C=O) groups is 1. The van der Waals surface area contributed by atoms with Crippen molar-refractivity contribution < 1.29 is 4.79 Å². The van der Waals surface area contributed by atoms with Crippen LogP contribution >= 0.6 is 11.6 Å². The molecule has 0 fully saturated rings. The lowest BCUT2D eigenvalue weighted by Gasteiger charge is -2.30. The second-order valence-electron chi connectivity index (χ2n) is 7.12. The lowest BCUT2D eigenvalue weighted by Crippen LogP contribution is -2.38. The minimum absolute atomic E-state index is 0.0348. The van der Waals surface area contributed by atoms with E-state index in [-0.39, 0.29) is 11.3 Å². The maximum absolute atomic E-state index is 11.7. The standard InChI is InChI=1S/C19H38ClNO/c1-5-7-9-11-13-15-19(4,14-12-10-8-6-2)16-21-18(22)17(3)20/h17H,5-16H2,1-4H3,(H,21,22)/t17-,19?/m1/s1. The van der Waals surface area contributed by atoms with Crippen LogP contribution in [0.25, 0.3) is 0 Å². The molecule has 1 unspecified atom stereocenters. The summed E-state index contributed by atoms with van der Waals surface area (Å²) >= 11 is 5.85. The first-order valence-electron chi connectivity index (χ1n) is 9.37. The average Bonchev–Trinajstić information content (AvgIpc) is 2.49. The van der Waals surface area contributed by atoms with E-state index in [0.717, 1.165) is 6.54 Å². The van der Waals surface area contributed by atoms with Crippen LogP contribution < -0.4 is 5.32 Å². The van der Waals surface area contributed by atoms with E-state index in [1.807, 2.05) is 0 Å². The maximum Gasteiger partial charge on any atom is 0.237 e. The van der Waals surface area contributed by atoms with Gasteiger partial charge in [-0.15, -0.1) is 11.6 Å². The molecule has 0 spiro atoms. The molecule has 1 amide bonds. The Bertz CT molecular complexity index is 281. The first-order valence-corrected chi connectivity index (χ1v) is 9.80. The summed E-state index contributed by atoms with van der Waals surface area (Å²) in [6.45, 7) is 9.33. The first-order chi connectivity index (χ1) is 10.4. The molecule has 0 saturated carbocycles. The van der Waals surface area contributed by atoms with Gasteiger partial charge in [0.05, 0.1) is 0 Å². The quantitative estimate of drug-likeness (QED) is 0.304. The third kappa shape index (κ3) is 11.3. The van der Waals surface area contributed by atoms with Crippen LogP contribution in [0.2, 0.25) is 0 Å². The molecular weight excluding hydrogens is 294 g/mol. The van der Waals surface area contributed by atoms with Crippen LogP contribution in [0, 0.1) is 5.41 Å². The summed E-state index contributed by atoms with van der Waals surface area (Å²) in [4.78, 5) is 11.7. The van der Waals surface area contributed by atoms with Crippen LogP contribution in [-0.4, -0.2) is 17.8 Å². The molecule has 0 aromatic rings. The van der Waals surface area contributed by atoms with Crippen molar-refractivity contribution in [2.24, 2.45) is 5.41 Å². The molecule has 0 heterocycles. The number of rotatable bonds is 14. The van der Waals surface area contributed by atoms with Crippen molar-refractivity contribution in [2.45, 2.75) is 104 Å². The summed E-state index contributed by atoms with van der Waals surface area (Å²) in [6, 6.07) is 0. The Labute approximate surface area is 143 Å². The highest BCUT2D eigenvalue weighted by Crippen LogP contribution is 2.31. The molecule has 0 saturated heterocycles. The summed E-state index contributed by atoms with van der Waals surface area (Å²) in [7, 11) is 0. The third-order valence-electron chi connectivity index (χ3n) is 4.57. The molecule has 2 atom stereocenters. The summed E-state index contributed by atoms with van der Waals surface area (Å²) in [5, 5.41) is 2.61. The third-order valence-corrected chi connectivity index (χ3v) is 4.77. The van der Waals surface area contributed by atoms with E-state index >= 15 is 0 Å². The number of hydrogen-bond acceptors (Lipinski definition) is 1. The Hall–Kier alpha value is -0.240. The fourth-order valence-electron chi connectivity index (χ4n) is 2.88. The molecule has 3 heteroatoms. The lowest BCUT2D eigenvalue weighted by molar-refractivity contribution is -0.121. The first kappa shape index (κ1) is 21.8. The van der Waals surface area contributed by atoms with Crippen molar-refractivity contribution in [3.8, 4) is 0 Å². The lowest BCUT2D eigenvalue weighted by atomic mass is 9.79. The number of unbranched alkanes of at least 4 members (excludes halogenated alkanes) is 7. The minimum atomic E-state index is -0.436. The molecule has 0 radical (unpaired) electrons. The second kappa shape index (κ2) is 13.2. The van der Waals surface area contributed by atoms with E-state index in [9.17, 15) is 4.79 Å². The SMILES string of the molecule is CCCCCCCC(C)(CCCCCC)CNC(=O)[C@@H](C)Cl. The fraction of sp³-hybridized carbons (Fsp3) is 0.947. The Morgan fingerprint density at radius 2 is 1.41 bits per heavy atom. The molecule has 0 rings (SSSR count). The van der Waals surface area contributed by atoms with Gasteiger partial charge in [0.2, 0.25) is 5.91 Å². The molecule has 0 aliphatic heterocycles. The zero-order chi connectivity index (χ0) is 16.8. The van der Waals surface area contributed by atoms with Gasteiger partial charge < -0.3 is 5.32 Å². The highest BCUT2D eigenvalue weighted by Gasteiger charge is 2.24. The van der Waals surface area contributed by atoms with E-state index in [1.54, 1.807) is 6.92 Å². The monoisotopic (exact) mass is 331 g/mol. The van der Waals surface area contributed by atoms with Gasteiger partial charge >= 0.3 is 0 Å². The van der Waals surface area contributed by atoms with Crippen molar-refractivity contribution in [3.63, 3.8) is 0 Å². The smallest absolute Gasteiger partial charge is 0.237 e. The van der Waals surface area contributed by atoms with Gasteiger partial charge in [0, 0.05) is 6.54 Å². The number of nitrogens with one attached hydrogen (secondary N) is 1. The topological polar surface area (TPSA) is 29.1 Å². The summed E-state index contributed by atoms with van der Waals surface area (Å²) in [5.41, 5.74) is 0.224. The Balaban J connectivity index is 4.24. The van der Waals surface area contributed by atoms with Gasteiger partial charge in [-0.25, -0.2) is 0 Å². The molecule has 0 bridgehead atoms. The van der Waals surface area contributed by atoms with Gasteiger partial charge in [-0.05, 0) is 25.2 Å². The summed E-state index contributed by atoms with van der Waals surface area (Å²) in [5.74, 6) is -0.0348. The molecule has 1 N–H and O–H groups in total. The predicted octanol–water partition coefficient (Wildman–Crippen LogP) is 6.07. The molecule has 2 nitrogen and oxygen atoms in total. The van der Waals surface area contributed by atoms with Crippen LogP contribution in [0.4, 0.5) is 0 Å². The number of amides is 1. The largest absolute Gasteiger partial charge is 0.354 e. The highest BCUT2D eigenvalue weighted by molar-refractivity contribution is 6.30. The molecule has 132 valence electrons. The van der Waals surface area contributed by atoms with Gasteiger partial charge in [-0.2, -0.15) is 0 Å². The van der Waals surface area contributed by atoms with Gasteiger partial charge in [-0.3, -0.25) is 4.79 Å².